The summed E-state index contributed by atoms with van der Waals surface area (Å²) in [5.41, 5.74) is 11.8. The van der Waals surface area contributed by atoms with Crippen LogP contribution in [-0.2, 0) is 0 Å². The van der Waals surface area contributed by atoms with Crippen LogP contribution in [0.1, 0.15) is 0 Å². The van der Waals surface area contributed by atoms with E-state index in [9.17, 15) is 0 Å². The Balaban J connectivity index is 1.07. The summed E-state index contributed by atoms with van der Waals surface area (Å²) in [5, 5.41) is 14.3. The van der Waals surface area contributed by atoms with Gasteiger partial charge in [0.15, 0.2) is 0 Å². The van der Waals surface area contributed by atoms with Gasteiger partial charge in [-0.25, -0.2) is 9.97 Å². The lowest BCUT2D eigenvalue weighted by Crippen LogP contribution is -2.03. The van der Waals surface area contributed by atoms with E-state index >= 15 is 0 Å². The van der Waals surface area contributed by atoms with Gasteiger partial charge in [0.25, 0.3) is 0 Å². The van der Waals surface area contributed by atoms with Gasteiger partial charge in [-0.1, -0.05) is 109 Å². The molecule has 0 bridgehead atoms. The number of para-hydroxylation sites is 1. The highest BCUT2D eigenvalue weighted by Gasteiger charge is 2.28. The SMILES string of the molecule is c1ccc(-n2c3cc(-c4nc(-n5c6cccc7c6c6c8c(ccc65)oc5ccc6cccc-7c6c58)nc5sc6ccccc6c45)ccc3c3cc4ccccc4cc32)cc1. The van der Waals surface area contributed by atoms with E-state index in [1.165, 1.54) is 75.2 Å². The Labute approximate surface area is 344 Å². The molecule has 0 radical (unpaired) electrons. The number of hydrogen-bond donors (Lipinski definition) is 0. The highest BCUT2D eigenvalue weighted by molar-refractivity contribution is 7.25. The molecule has 5 nitrogen and oxygen atoms in total. The van der Waals surface area contributed by atoms with Gasteiger partial charge in [0.05, 0.1) is 27.8 Å². The van der Waals surface area contributed by atoms with Crippen molar-refractivity contribution in [1.82, 2.24) is 19.1 Å². The molecule has 0 aliphatic heterocycles. The number of benzene rings is 9. The molecule has 0 unspecified atom stereocenters. The largest absolute Gasteiger partial charge is 0.456 e. The fraction of sp³-hybridized carbons (Fsp3) is 0. The molecule has 9 aromatic carbocycles. The van der Waals surface area contributed by atoms with E-state index in [0.717, 1.165) is 60.3 Å². The molecule has 1 aliphatic carbocycles. The molecule has 0 atom stereocenters. The summed E-state index contributed by atoms with van der Waals surface area (Å²) < 4.78 is 12.5. The van der Waals surface area contributed by atoms with Crippen molar-refractivity contribution in [3.8, 4) is 34.0 Å². The van der Waals surface area contributed by atoms with Crippen molar-refractivity contribution in [3.63, 3.8) is 0 Å². The number of thiophene rings is 1. The van der Waals surface area contributed by atoms with Gasteiger partial charge in [-0.3, -0.25) is 4.57 Å². The molecule has 0 spiro atoms. The highest BCUT2D eigenvalue weighted by atomic mass is 32.1. The summed E-state index contributed by atoms with van der Waals surface area (Å²) in [6, 6.07) is 61.5. The first-order chi connectivity index (χ1) is 29.7. The van der Waals surface area contributed by atoms with E-state index in [-0.39, 0.29) is 0 Å². The van der Waals surface area contributed by atoms with Crippen molar-refractivity contribution in [2.24, 2.45) is 0 Å². The predicted molar refractivity (Wildman–Crippen MR) is 250 cm³/mol. The van der Waals surface area contributed by atoms with Crippen LogP contribution in [0.15, 0.2) is 174 Å². The van der Waals surface area contributed by atoms with E-state index in [0.29, 0.717) is 5.95 Å². The Morgan fingerprint density at radius 3 is 2.03 bits per heavy atom. The minimum absolute atomic E-state index is 0.655. The number of rotatable bonds is 3. The van der Waals surface area contributed by atoms with Gasteiger partial charge >= 0.3 is 0 Å². The van der Waals surface area contributed by atoms with Gasteiger partial charge in [-0.15, -0.1) is 11.3 Å². The summed E-state index contributed by atoms with van der Waals surface area (Å²) in [6.07, 6.45) is 0. The van der Waals surface area contributed by atoms with Crippen LogP contribution in [0.25, 0.3) is 141 Å². The van der Waals surface area contributed by atoms with Gasteiger partial charge in [0.1, 0.15) is 16.0 Å². The second kappa shape index (κ2) is 11.0. The van der Waals surface area contributed by atoms with Gasteiger partial charge in [0.2, 0.25) is 5.95 Å². The molecule has 0 N–H and O–H groups in total. The van der Waals surface area contributed by atoms with Gasteiger partial charge in [-0.05, 0) is 87.9 Å². The summed E-state index contributed by atoms with van der Waals surface area (Å²) in [5.74, 6) is 0.655. The first kappa shape index (κ1) is 31.2. The van der Waals surface area contributed by atoms with Crippen LogP contribution in [0.5, 0.6) is 0 Å². The van der Waals surface area contributed by atoms with E-state index in [1.807, 2.05) is 0 Å². The highest BCUT2D eigenvalue weighted by Crippen LogP contribution is 2.51. The Morgan fingerprint density at radius 1 is 0.417 bits per heavy atom. The Bertz CT molecular complexity index is 4240. The zero-order valence-electron chi connectivity index (χ0n) is 31.8. The topological polar surface area (TPSA) is 48.8 Å². The molecule has 0 fully saturated rings. The van der Waals surface area contributed by atoms with Crippen LogP contribution < -0.4 is 0 Å². The molecule has 5 heterocycles. The van der Waals surface area contributed by atoms with Crippen LogP contribution in [0.2, 0.25) is 0 Å². The summed E-state index contributed by atoms with van der Waals surface area (Å²) >= 11 is 1.73. The zero-order chi connectivity index (χ0) is 38.8. The molecule has 14 aromatic rings. The van der Waals surface area contributed by atoms with Crippen molar-refractivity contribution in [2.45, 2.75) is 0 Å². The molecule has 1 aliphatic rings. The first-order valence-corrected chi connectivity index (χ1v) is 21.1. The van der Waals surface area contributed by atoms with E-state index in [2.05, 4.69) is 179 Å². The van der Waals surface area contributed by atoms with Crippen molar-refractivity contribution in [1.29, 1.82) is 0 Å². The quantitative estimate of drug-likeness (QED) is 0.179. The van der Waals surface area contributed by atoms with Gasteiger partial charge < -0.3 is 8.98 Å². The first-order valence-electron chi connectivity index (χ1n) is 20.3. The maximum Gasteiger partial charge on any atom is 0.236 e. The average molecular weight is 781 g/mol. The lowest BCUT2D eigenvalue weighted by atomic mass is 9.95. The van der Waals surface area contributed by atoms with Crippen molar-refractivity contribution in [3.05, 3.63) is 170 Å². The predicted octanol–water partition coefficient (Wildman–Crippen LogP) is 14.9. The number of aromatic nitrogens is 4. The zero-order valence-corrected chi connectivity index (χ0v) is 32.6. The average Bonchev–Trinajstić information content (AvgIpc) is 4.03. The third kappa shape index (κ3) is 3.87. The lowest BCUT2D eigenvalue weighted by Gasteiger charge is -2.12. The minimum atomic E-state index is 0.655. The lowest BCUT2D eigenvalue weighted by molar-refractivity contribution is 0.669. The Hall–Kier alpha value is -7.80. The number of furan rings is 1. The Kier molecular flexibility index (Phi) is 5.74. The maximum absolute atomic E-state index is 6.60. The maximum atomic E-state index is 6.60. The van der Waals surface area contributed by atoms with Crippen molar-refractivity contribution >= 4 is 119 Å². The van der Waals surface area contributed by atoms with Crippen LogP contribution in [0.4, 0.5) is 0 Å². The number of fused-ring (bicyclic) bond motifs is 8. The summed E-state index contributed by atoms with van der Waals surface area (Å²) in [4.78, 5) is 12.1. The molecule has 0 saturated heterocycles. The van der Waals surface area contributed by atoms with E-state index in [1.54, 1.807) is 11.3 Å². The third-order valence-corrected chi connectivity index (χ3v) is 14.1. The number of nitrogens with zero attached hydrogens (tertiary/aromatic N) is 4. The van der Waals surface area contributed by atoms with Crippen LogP contribution in [-0.4, -0.2) is 19.1 Å². The van der Waals surface area contributed by atoms with Gasteiger partial charge in [0, 0.05) is 64.4 Å². The molecule has 0 amide bonds. The smallest absolute Gasteiger partial charge is 0.236 e. The second-order valence-corrected chi connectivity index (χ2v) is 17.1. The van der Waals surface area contributed by atoms with Crippen molar-refractivity contribution in [2.75, 3.05) is 0 Å². The molecule has 0 saturated carbocycles. The summed E-state index contributed by atoms with van der Waals surface area (Å²) in [6.45, 7) is 0. The fourth-order valence-electron chi connectivity index (χ4n) is 10.6. The fourth-order valence-corrected chi connectivity index (χ4v) is 11.6. The minimum Gasteiger partial charge on any atom is -0.456 e. The standard InChI is InChI=1S/C54H28N4OS/c1-2-13-33(14-3-1)57-41-28-32(20-22-34(41)38-26-30-10-4-5-11-31(30)27-42(38)57)52-48-37-15-6-7-19-45(37)60-53(48)56-54(55-52)58-39-18-9-17-36-35-16-8-12-29-21-24-43-50(46(29)35)51-44(59-43)25-23-40(58)49(51)47(36)39/h1-28H. The van der Waals surface area contributed by atoms with Crippen LogP contribution >= 0.6 is 11.3 Å². The molecule has 276 valence electrons. The van der Waals surface area contributed by atoms with Crippen LogP contribution in [0.3, 0.4) is 0 Å². The van der Waals surface area contributed by atoms with Gasteiger partial charge in [-0.2, -0.15) is 0 Å². The second-order valence-electron chi connectivity index (χ2n) is 16.1. The molecular formula is C54H28N4OS. The molecule has 5 aromatic heterocycles. The monoisotopic (exact) mass is 780 g/mol. The molecule has 15 rings (SSSR count). The number of hydrogen-bond acceptors (Lipinski definition) is 4. The summed E-state index contributed by atoms with van der Waals surface area (Å²) in [7, 11) is 0. The van der Waals surface area contributed by atoms with E-state index in [4.69, 9.17) is 14.4 Å². The van der Waals surface area contributed by atoms with E-state index < -0.39 is 0 Å². The van der Waals surface area contributed by atoms with Crippen molar-refractivity contribution < 1.29 is 4.42 Å². The molecular weight excluding hydrogens is 753 g/mol. The third-order valence-electron chi connectivity index (χ3n) is 13.0. The van der Waals surface area contributed by atoms with Crippen LogP contribution in [0, 0.1) is 0 Å². The molecule has 60 heavy (non-hydrogen) atoms. The normalized spacial score (nSPS) is 12.7. The Morgan fingerprint density at radius 2 is 1.13 bits per heavy atom. The molecule has 6 heteroatoms.